The molecule has 0 saturated carbocycles. The summed E-state index contributed by atoms with van der Waals surface area (Å²) in [6.07, 6.45) is 12.8. The van der Waals surface area contributed by atoms with Crippen LogP contribution in [0.5, 0.6) is 0 Å². The molecule has 1 rings (SSSR count). The van der Waals surface area contributed by atoms with Gasteiger partial charge in [0.05, 0.1) is 0 Å². The van der Waals surface area contributed by atoms with E-state index < -0.39 is 23.4 Å². The van der Waals surface area contributed by atoms with E-state index in [2.05, 4.69) is 0 Å². The summed E-state index contributed by atoms with van der Waals surface area (Å²) in [5, 5.41) is 0.611. The van der Waals surface area contributed by atoms with Gasteiger partial charge in [-0.1, -0.05) is 57.8 Å². The number of hydrogen-bond acceptors (Lipinski definition) is 6. The van der Waals surface area contributed by atoms with Gasteiger partial charge in [-0.25, -0.2) is 4.79 Å². The maximum Gasteiger partial charge on any atom is 0.333 e. The van der Waals surface area contributed by atoms with Crippen molar-refractivity contribution in [3.8, 4) is 0 Å². The number of nitrogens with zero attached hydrogens (tertiary/aromatic N) is 1. The molecule has 0 radical (unpaired) electrons. The molecule has 0 spiro atoms. The summed E-state index contributed by atoms with van der Waals surface area (Å²) >= 11 is 0. The first-order valence-electron chi connectivity index (χ1n) is 11.5. The zero-order valence-corrected chi connectivity index (χ0v) is 19.0. The first-order valence-corrected chi connectivity index (χ1v) is 11.5. The van der Waals surface area contributed by atoms with Crippen LogP contribution >= 0.6 is 0 Å². The van der Waals surface area contributed by atoms with E-state index in [1.807, 2.05) is 20.8 Å². The summed E-state index contributed by atoms with van der Waals surface area (Å²) in [6, 6.07) is 0. The normalized spacial score (nSPS) is 14.3. The predicted molar refractivity (Wildman–Crippen MR) is 113 cm³/mol. The molecule has 0 atom stereocenters. The van der Waals surface area contributed by atoms with Crippen molar-refractivity contribution in [2.24, 2.45) is 0 Å². The van der Waals surface area contributed by atoms with E-state index >= 15 is 0 Å². The number of rotatable bonds is 15. The van der Waals surface area contributed by atoms with Gasteiger partial charge < -0.3 is 9.57 Å². The lowest BCUT2D eigenvalue weighted by atomic mass is 10.0. The second kappa shape index (κ2) is 14.1. The van der Waals surface area contributed by atoms with Crippen LogP contribution in [-0.4, -0.2) is 34.4 Å². The SMILES string of the molecule is CC(C)(C)OC(=O)CCCCCCCCCCCCCC(=O)ON1C(=O)CCC1=O. The van der Waals surface area contributed by atoms with Crippen molar-refractivity contribution in [2.75, 3.05) is 0 Å². The highest BCUT2D eigenvalue weighted by atomic mass is 16.7. The van der Waals surface area contributed by atoms with Gasteiger partial charge in [0, 0.05) is 25.7 Å². The molecule has 0 aliphatic carbocycles. The number of hydrogen-bond donors (Lipinski definition) is 0. The lowest BCUT2D eigenvalue weighted by Gasteiger charge is -2.19. The van der Waals surface area contributed by atoms with E-state index in [4.69, 9.17) is 9.57 Å². The fourth-order valence-corrected chi connectivity index (χ4v) is 3.33. The highest BCUT2D eigenvalue weighted by Gasteiger charge is 2.32. The van der Waals surface area contributed by atoms with E-state index in [1.165, 1.54) is 25.7 Å². The van der Waals surface area contributed by atoms with Crippen molar-refractivity contribution in [2.45, 2.75) is 123 Å². The highest BCUT2D eigenvalue weighted by Crippen LogP contribution is 2.16. The Bertz CT molecular complexity index is 551. The number of imide groups is 1. The smallest absolute Gasteiger partial charge is 0.333 e. The standard InChI is InChI=1S/C23H39NO6/c1-23(2,3)29-21(27)15-13-11-9-7-5-4-6-8-10-12-14-16-22(28)30-24-19(25)17-18-20(24)26/h4-18H2,1-3H3. The van der Waals surface area contributed by atoms with Gasteiger partial charge >= 0.3 is 11.9 Å². The summed E-state index contributed by atoms with van der Waals surface area (Å²) in [5.41, 5.74) is -0.394. The van der Waals surface area contributed by atoms with Gasteiger partial charge in [0.1, 0.15) is 5.60 Å². The predicted octanol–water partition coefficient (Wildman–Crippen LogP) is 5.01. The molecule has 0 unspecified atom stereocenters. The molecular formula is C23H39NO6. The average Bonchev–Trinajstić information content (AvgIpc) is 2.96. The Morgan fingerprint density at radius 3 is 1.47 bits per heavy atom. The average molecular weight is 426 g/mol. The molecule has 2 amide bonds. The van der Waals surface area contributed by atoms with Gasteiger partial charge in [-0.15, -0.1) is 5.06 Å². The number of hydroxylamine groups is 2. The molecule has 0 aromatic carbocycles. The summed E-state index contributed by atoms with van der Waals surface area (Å²) in [6.45, 7) is 5.67. The molecule has 1 aliphatic rings. The van der Waals surface area contributed by atoms with Crippen molar-refractivity contribution in [3.05, 3.63) is 0 Å². The van der Waals surface area contributed by atoms with Crippen LogP contribution in [0.3, 0.4) is 0 Å². The molecule has 0 bridgehead atoms. The molecule has 0 aromatic rings. The number of carbonyl (C=O) groups excluding carboxylic acids is 4. The van der Waals surface area contributed by atoms with Crippen molar-refractivity contribution < 1.29 is 28.8 Å². The lowest BCUT2D eigenvalue weighted by molar-refractivity contribution is -0.197. The van der Waals surface area contributed by atoms with Gasteiger partial charge in [-0.3, -0.25) is 14.4 Å². The Morgan fingerprint density at radius 1 is 0.700 bits per heavy atom. The van der Waals surface area contributed by atoms with E-state index in [1.54, 1.807) is 0 Å². The van der Waals surface area contributed by atoms with Crippen molar-refractivity contribution in [1.82, 2.24) is 5.06 Å². The van der Waals surface area contributed by atoms with Crippen LogP contribution in [0.25, 0.3) is 0 Å². The molecule has 0 N–H and O–H groups in total. The van der Waals surface area contributed by atoms with Gasteiger partial charge in [0.2, 0.25) is 0 Å². The first-order chi connectivity index (χ1) is 14.2. The summed E-state index contributed by atoms with van der Waals surface area (Å²) in [7, 11) is 0. The Labute approximate surface area is 180 Å². The molecular weight excluding hydrogens is 386 g/mol. The first kappa shape index (κ1) is 26.1. The van der Waals surface area contributed by atoms with Crippen molar-refractivity contribution in [3.63, 3.8) is 0 Å². The zero-order valence-electron chi connectivity index (χ0n) is 19.0. The van der Waals surface area contributed by atoms with Crippen LogP contribution in [0.4, 0.5) is 0 Å². The topological polar surface area (TPSA) is 90.0 Å². The van der Waals surface area contributed by atoms with E-state index in [0.717, 1.165) is 38.5 Å². The number of esters is 1. The van der Waals surface area contributed by atoms with Crippen molar-refractivity contribution >= 4 is 23.8 Å². The second-order valence-corrected chi connectivity index (χ2v) is 9.02. The van der Waals surface area contributed by atoms with Gasteiger partial charge in [0.15, 0.2) is 0 Å². The number of ether oxygens (including phenoxy) is 1. The van der Waals surface area contributed by atoms with Crippen LogP contribution in [0.2, 0.25) is 0 Å². The maximum atomic E-state index is 11.7. The fraction of sp³-hybridized carbons (Fsp3) is 0.826. The molecule has 7 nitrogen and oxygen atoms in total. The largest absolute Gasteiger partial charge is 0.460 e. The van der Waals surface area contributed by atoms with E-state index in [9.17, 15) is 19.2 Å². The molecule has 0 aromatic heterocycles. The van der Waals surface area contributed by atoms with Gasteiger partial charge in [-0.05, 0) is 33.6 Å². The highest BCUT2D eigenvalue weighted by molar-refractivity contribution is 6.01. The quantitative estimate of drug-likeness (QED) is 0.208. The molecule has 1 saturated heterocycles. The molecule has 7 heteroatoms. The minimum absolute atomic E-state index is 0.103. The summed E-state index contributed by atoms with van der Waals surface area (Å²) in [4.78, 5) is 50.9. The van der Waals surface area contributed by atoms with Crippen LogP contribution in [-0.2, 0) is 28.8 Å². The third-order valence-corrected chi connectivity index (χ3v) is 4.88. The Morgan fingerprint density at radius 2 is 1.07 bits per heavy atom. The Hall–Kier alpha value is -1.92. The minimum atomic E-state index is -0.509. The third-order valence-electron chi connectivity index (χ3n) is 4.88. The van der Waals surface area contributed by atoms with Crippen LogP contribution in [0, 0.1) is 0 Å². The number of amides is 2. The molecule has 1 aliphatic heterocycles. The monoisotopic (exact) mass is 425 g/mol. The third kappa shape index (κ3) is 12.6. The van der Waals surface area contributed by atoms with Gasteiger partial charge in [0.25, 0.3) is 11.8 Å². The Balaban J connectivity index is 1.84. The lowest BCUT2D eigenvalue weighted by Crippen LogP contribution is -2.31. The number of unbranched alkanes of at least 4 members (excludes halogenated alkanes) is 10. The molecule has 172 valence electrons. The van der Waals surface area contributed by atoms with Crippen LogP contribution in [0.15, 0.2) is 0 Å². The minimum Gasteiger partial charge on any atom is -0.460 e. The van der Waals surface area contributed by atoms with E-state index in [0.29, 0.717) is 17.9 Å². The summed E-state index contributed by atoms with van der Waals surface area (Å²) in [5.74, 6) is -1.48. The second-order valence-electron chi connectivity index (χ2n) is 9.02. The van der Waals surface area contributed by atoms with Gasteiger partial charge in [-0.2, -0.15) is 0 Å². The van der Waals surface area contributed by atoms with Crippen molar-refractivity contribution in [1.29, 1.82) is 0 Å². The summed E-state index contributed by atoms with van der Waals surface area (Å²) < 4.78 is 5.30. The zero-order chi connectivity index (χ0) is 22.4. The number of carbonyl (C=O) groups is 4. The fourth-order valence-electron chi connectivity index (χ4n) is 3.33. The van der Waals surface area contributed by atoms with Crippen LogP contribution in [0.1, 0.15) is 117 Å². The Kier molecular flexibility index (Phi) is 12.3. The molecule has 1 heterocycles. The maximum absolute atomic E-state index is 11.7. The molecule has 1 fully saturated rings. The van der Waals surface area contributed by atoms with Crippen LogP contribution < -0.4 is 0 Å². The van der Waals surface area contributed by atoms with E-state index in [-0.39, 0.29) is 25.2 Å². The molecule has 30 heavy (non-hydrogen) atoms.